The van der Waals surface area contributed by atoms with Crippen LogP contribution < -0.4 is 21.7 Å². The van der Waals surface area contributed by atoms with E-state index in [1.807, 2.05) is 39.0 Å². The molecule has 1 aliphatic heterocycles. The van der Waals surface area contributed by atoms with E-state index in [0.29, 0.717) is 29.9 Å². The van der Waals surface area contributed by atoms with Gasteiger partial charge in [0.05, 0.1) is 5.54 Å². The Balaban J connectivity index is 0.00000132. The molecule has 1 saturated heterocycles. The van der Waals surface area contributed by atoms with E-state index in [4.69, 9.17) is 28.1 Å². The highest BCUT2D eigenvalue weighted by Crippen LogP contribution is 2.33. The molecule has 2 aromatic rings. The minimum Gasteiger partial charge on any atom is -0.356 e. The summed E-state index contributed by atoms with van der Waals surface area (Å²) in [6.07, 6.45) is 4.29. The average molecular weight is 445 g/mol. The van der Waals surface area contributed by atoms with Crippen molar-refractivity contribution in [1.82, 2.24) is 15.3 Å². The second kappa shape index (κ2) is 9.94. The first-order chi connectivity index (χ1) is 14.9. The Hall–Kier alpha value is -2.22. The third-order valence-corrected chi connectivity index (χ3v) is 6.28. The molecule has 0 bridgehead atoms. The maximum absolute atomic E-state index is 12.3. The van der Waals surface area contributed by atoms with Crippen LogP contribution in [0.3, 0.4) is 0 Å². The summed E-state index contributed by atoms with van der Waals surface area (Å²) >= 11 is 6.29. The van der Waals surface area contributed by atoms with Crippen LogP contribution in [0.2, 0.25) is 5.02 Å². The zero-order valence-corrected chi connectivity index (χ0v) is 19.4. The number of hydrogen-bond donors (Lipinski definition) is 3. The molecule has 1 aromatic heterocycles. The molecule has 1 amide bonds. The molecule has 0 spiro atoms. The van der Waals surface area contributed by atoms with Gasteiger partial charge in [-0.25, -0.2) is 9.97 Å². The van der Waals surface area contributed by atoms with Gasteiger partial charge in [-0.3, -0.25) is 4.79 Å². The Morgan fingerprint density at radius 2 is 2.10 bits per heavy atom. The topological polar surface area (TPSA) is 110 Å². The van der Waals surface area contributed by atoms with Gasteiger partial charge in [-0.15, -0.1) is 0 Å². The normalized spacial score (nSPS) is 18.9. The monoisotopic (exact) mass is 444 g/mol. The Bertz CT molecular complexity index is 930. The number of amides is 1. The number of anilines is 1. The molecular formula is C23H33ClN6O. The molecule has 5 N–H and O–H groups in total. The second-order valence-corrected chi connectivity index (χ2v) is 8.59. The first kappa shape index (κ1) is 23.4. The van der Waals surface area contributed by atoms with Gasteiger partial charge < -0.3 is 21.7 Å². The highest BCUT2D eigenvalue weighted by atomic mass is 35.5. The van der Waals surface area contributed by atoms with Crippen LogP contribution in [0.4, 0.5) is 5.82 Å². The zero-order valence-electron chi connectivity index (χ0n) is 18.6. The maximum Gasteiger partial charge on any atom is 0.240 e. The molecule has 0 radical (unpaired) electrons. The molecule has 2 heterocycles. The molecule has 2 fully saturated rings. The number of carbonyl (C=O) groups is 1. The number of nitrogens with one attached hydrogen (secondary N) is 1. The number of nitrogens with two attached hydrogens (primary N) is 2. The van der Waals surface area contributed by atoms with Crippen molar-refractivity contribution in [1.29, 1.82) is 0 Å². The minimum atomic E-state index is -0.697. The maximum atomic E-state index is 12.3. The van der Waals surface area contributed by atoms with Gasteiger partial charge in [0.15, 0.2) is 5.82 Å². The molecule has 8 heteroatoms. The average Bonchev–Trinajstić information content (AvgIpc) is 3.36. The summed E-state index contributed by atoms with van der Waals surface area (Å²) < 4.78 is 0. The molecule has 1 saturated carbocycles. The van der Waals surface area contributed by atoms with Gasteiger partial charge in [0.25, 0.3) is 0 Å². The van der Waals surface area contributed by atoms with E-state index in [1.54, 1.807) is 6.20 Å². The summed E-state index contributed by atoms with van der Waals surface area (Å²) in [5, 5.41) is 3.64. The van der Waals surface area contributed by atoms with Crippen LogP contribution in [0.5, 0.6) is 0 Å². The van der Waals surface area contributed by atoms with E-state index < -0.39 is 5.54 Å². The number of halogens is 1. The lowest BCUT2D eigenvalue weighted by molar-refractivity contribution is -0.123. The van der Waals surface area contributed by atoms with E-state index >= 15 is 0 Å². The van der Waals surface area contributed by atoms with Crippen LogP contribution in [0.25, 0.3) is 11.4 Å². The summed E-state index contributed by atoms with van der Waals surface area (Å²) in [6.45, 7) is 8.71. The summed E-state index contributed by atoms with van der Waals surface area (Å²) in [5.74, 6) is 1.79. The first-order valence-electron chi connectivity index (χ1n) is 11.0. The van der Waals surface area contributed by atoms with E-state index in [0.717, 1.165) is 54.9 Å². The second-order valence-electron chi connectivity index (χ2n) is 8.18. The summed E-state index contributed by atoms with van der Waals surface area (Å²) in [7, 11) is 0. The van der Waals surface area contributed by atoms with Crippen molar-refractivity contribution in [2.75, 3.05) is 24.5 Å². The molecule has 168 valence electrons. The Morgan fingerprint density at radius 1 is 1.35 bits per heavy atom. The number of rotatable bonds is 6. The van der Waals surface area contributed by atoms with Gasteiger partial charge in [-0.05, 0) is 50.3 Å². The predicted octanol–water partition coefficient (Wildman–Crippen LogP) is 3.02. The van der Waals surface area contributed by atoms with Crippen molar-refractivity contribution in [2.45, 2.75) is 52.1 Å². The lowest BCUT2D eigenvalue weighted by atomic mass is 10.1. The number of aromatic nitrogens is 2. The fourth-order valence-electron chi connectivity index (χ4n) is 3.60. The van der Waals surface area contributed by atoms with E-state index in [1.165, 1.54) is 0 Å². The fraction of sp³-hybridized carbons (Fsp3) is 0.522. The van der Waals surface area contributed by atoms with Crippen LogP contribution in [-0.2, 0) is 11.3 Å². The van der Waals surface area contributed by atoms with Crippen LogP contribution >= 0.6 is 11.6 Å². The lowest BCUT2D eigenvalue weighted by Gasteiger charge is -2.22. The van der Waals surface area contributed by atoms with Crippen molar-refractivity contribution in [3.05, 3.63) is 40.5 Å². The van der Waals surface area contributed by atoms with E-state index in [-0.39, 0.29) is 5.91 Å². The van der Waals surface area contributed by atoms with Gasteiger partial charge >= 0.3 is 0 Å². The Morgan fingerprint density at radius 3 is 2.71 bits per heavy atom. The highest BCUT2D eigenvalue weighted by molar-refractivity contribution is 6.31. The molecule has 31 heavy (non-hydrogen) atoms. The van der Waals surface area contributed by atoms with Gasteiger partial charge in [-0.2, -0.15) is 0 Å². The minimum absolute atomic E-state index is 0.112. The summed E-state index contributed by atoms with van der Waals surface area (Å²) in [4.78, 5) is 23.9. The van der Waals surface area contributed by atoms with Gasteiger partial charge in [0.1, 0.15) is 5.82 Å². The largest absolute Gasteiger partial charge is 0.356 e. The number of benzene rings is 1. The predicted molar refractivity (Wildman–Crippen MR) is 126 cm³/mol. The standard InChI is InChI=1S/C21H27ClN6O.C2H6/c1-13-2-3-15(8-17(13)22)18-25-10-16(11-26-20(29)21(24)5-6-21)19(27-18)28-7-4-14(9-23)12-28;1-2/h2-3,8,10,14H,4-7,9,11-12,23-24H2,1H3,(H,26,29);1-2H3. The van der Waals surface area contributed by atoms with Crippen LogP contribution in [0, 0.1) is 12.8 Å². The van der Waals surface area contributed by atoms with Crippen molar-refractivity contribution in [3.63, 3.8) is 0 Å². The quantitative estimate of drug-likeness (QED) is 0.631. The smallest absolute Gasteiger partial charge is 0.240 e. The van der Waals surface area contributed by atoms with E-state index in [2.05, 4.69) is 15.2 Å². The molecule has 1 atom stereocenters. The number of aryl methyl sites for hydroxylation is 1. The Labute approximate surface area is 189 Å². The molecule has 7 nitrogen and oxygen atoms in total. The number of nitrogens with zero attached hydrogens (tertiary/aromatic N) is 3. The summed E-state index contributed by atoms with van der Waals surface area (Å²) in [6, 6.07) is 5.82. The van der Waals surface area contributed by atoms with Gasteiger partial charge in [-0.1, -0.05) is 37.6 Å². The molecule has 1 unspecified atom stereocenters. The van der Waals surface area contributed by atoms with Crippen LogP contribution in [0.15, 0.2) is 24.4 Å². The fourth-order valence-corrected chi connectivity index (χ4v) is 3.78. The first-order valence-corrected chi connectivity index (χ1v) is 11.4. The number of hydrogen-bond acceptors (Lipinski definition) is 6. The molecule has 1 aliphatic carbocycles. The molecule has 1 aromatic carbocycles. The number of carbonyl (C=O) groups excluding carboxylic acids is 1. The van der Waals surface area contributed by atoms with Crippen molar-refractivity contribution in [2.24, 2.45) is 17.4 Å². The van der Waals surface area contributed by atoms with Crippen LogP contribution in [-0.4, -0.2) is 41.0 Å². The zero-order chi connectivity index (χ0) is 22.6. The van der Waals surface area contributed by atoms with Crippen molar-refractivity contribution >= 4 is 23.3 Å². The van der Waals surface area contributed by atoms with E-state index in [9.17, 15) is 4.79 Å². The highest BCUT2D eigenvalue weighted by Gasteiger charge is 2.45. The van der Waals surface area contributed by atoms with Crippen molar-refractivity contribution in [3.8, 4) is 11.4 Å². The molecule has 2 aliphatic rings. The van der Waals surface area contributed by atoms with Gasteiger partial charge in [0, 0.05) is 42.0 Å². The third-order valence-electron chi connectivity index (χ3n) is 5.87. The Kier molecular flexibility index (Phi) is 7.51. The third kappa shape index (κ3) is 5.34. The van der Waals surface area contributed by atoms with Gasteiger partial charge in [0.2, 0.25) is 5.91 Å². The van der Waals surface area contributed by atoms with Crippen molar-refractivity contribution < 1.29 is 4.79 Å². The SMILES string of the molecule is CC.Cc1ccc(-c2ncc(CNC(=O)C3(N)CC3)c(N3CCC(CN)C3)n2)cc1Cl. The summed E-state index contributed by atoms with van der Waals surface area (Å²) in [5.41, 5.74) is 13.9. The molecular weight excluding hydrogens is 412 g/mol. The lowest BCUT2D eigenvalue weighted by Crippen LogP contribution is -2.42. The molecule has 4 rings (SSSR count). The van der Waals surface area contributed by atoms with Crippen LogP contribution in [0.1, 0.15) is 44.2 Å².